The van der Waals surface area contributed by atoms with Gasteiger partial charge in [0.2, 0.25) is 5.91 Å². The zero-order valence-corrected chi connectivity index (χ0v) is 9.60. The molecule has 0 saturated heterocycles. The van der Waals surface area contributed by atoms with E-state index < -0.39 is 5.56 Å². The molecule has 0 bridgehead atoms. The van der Waals surface area contributed by atoms with E-state index in [9.17, 15) is 9.59 Å². The first-order valence-electron chi connectivity index (χ1n) is 5.15. The van der Waals surface area contributed by atoms with Crippen LogP contribution in [0.1, 0.15) is 6.92 Å². The van der Waals surface area contributed by atoms with Crippen LogP contribution in [0.2, 0.25) is 0 Å². The van der Waals surface area contributed by atoms with Crippen molar-refractivity contribution in [2.45, 2.75) is 6.92 Å². The van der Waals surface area contributed by atoms with Crippen LogP contribution in [-0.4, -0.2) is 20.9 Å². The van der Waals surface area contributed by atoms with Crippen molar-refractivity contribution in [3.8, 4) is 11.4 Å². The van der Waals surface area contributed by atoms with Gasteiger partial charge in [-0.15, -0.1) is 0 Å². The van der Waals surface area contributed by atoms with Gasteiger partial charge < -0.3 is 16.0 Å². The Hall–Kier alpha value is -2.70. The largest absolute Gasteiger partial charge is 0.382 e. The molecule has 4 N–H and O–H groups in total. The molecule has 0 aliphatic carbocycles. The third kappa shape index (κ3) is 2.34. The molecule has 2 rings (SSSR count). The standard InChI is InChI=1S/C11H11N5O2/c1-6(17)14-8-9(12)15-10(16-11(8)18)7-2-4-13-5-3-7/h2-5H,1H3,(H,14,17)(H3,12,15,16,18). The molecule has 0 unspecified atom stereocenters. The second-order valence-electron chi connectivity index (χ2n) is 3.59. The first-order chi connectivity index (χ1) is 8.58. The van der Waals surface area contributed by atoms with Crippen LogP contribution in [0.5, 0.6) is 0 Å². The van der Waals surface area contributed by atoms with Gasteiger partial charge in [0.1, 0.15) is 11.5 Å². The summed E-state index contributed by atoms with van der Waals surface area (Å²) in [5.74, 6) is -0.0829. The number of nitrogen functional groups attached to an aromatic ring is 1. The SMILES string of the molecule is CC(=O)Nc1c(N)nc(-c2ccncc2)[nH]c1=O. The molecule has 0 atom stereocenters. The number of carbonyl (C=O) groups is 1. The van der Waals surface area contributed by atoms with Gasteiger partial charge in [-0.05, 0) is 12.1 Å². The predicted molar refractivity (Wildman–Crippen MR) is 66.8 cm³/mol. The quantitative estimate of drug-likeness (QED) is 0.707. The highest BCUT2D eigenvalue weighted by Gasteiger charge is 2.10. The number of hydrogen-bond acceptors (Lipinski definition) is 5. The fraction of sp³-hybridized carbons (Fsp3) is 0.0909. The molecule has 2 heterocycles. The van der Waals surface area contributed by atoms with E-state index in [0.29, 0.717) is 11.4 Å². The number of aromatic amines is 1. The van der Waals surface area contributed by atoms with Gasteiger partial charge in [0, 0.05) is 24.9 Å². The minimum atomic E-state index is -0.496. The van der Waals surface area contributed by atoms with Crippen molar-refractivity contribution in [2.24, 2.45) is 0 Å². The van der Waals surface area contributed by atoms with Crippen LogP contribution >= 0.6 is 0 Å². The summed E-state index contributed by atoms with van der Waals surface area (Å²) in [5.41, 5.74) is 5.79. The predicted octanol–water partition coefficient (Wildman–Crippen LogP) is 0.372. The molecule has 2 aromatic heterocycles. The lowest BCUT2D eigenvalue weighted by atomic mass is 10.2. The number of amides is 1. The summed E-state index contributed by atoms with van der Waals surface area (Å²) in [5, 5.41) is 2.34. The molecule has 7 heteroatoms. The molecule has 0 aromatic carbocycles. The van der Waals surface area contributed by atoms with Crippen molar-refractivity contribution in [3.05, 3.63) is 34.9 Å². The molecule has 18 heavy (non-hydrogen) atoms. The Morgan fingerprint density at radius 2 is 2.06 bits per heavy atom. The minimum absolute atomic E-state index is 0.0271. The first-order valence-corrected chi connectivity index (χ1v) is 5.15. The number of pyridine rings is 1. The van der Waals surface area contributed by atoms with E-state index in [1.807, 2.05) is 0 Å². The summed E-state index contributed by atoms with van der Waals surface area (Å²) in [6.45, 7) is 1.29. The number of hydrogen-bond donors (Lipinski definition) is 3. The maximum Gasteiger partial charge on any atom is 0.277 e. The number of nitrogens with two attached hydrogens (primary N) is 1. The fourth-order valence-electron chi connectivity index (χ4n) is 1.43. The summed E-state index contributed by atoms with van der Waals surface area (Å²) in [7, 11) is 0. The van der Waals surface area contributed by atoms with Crippen LogP contribution in [0.15, 0.2) is 29.3 Å². The van der Waals surface area contributed by atoms with Gasteiger partial charge in [0.05, 0.1) is 0 Å². The van der Waals surface area contributed by atoms with Gasteiger partial charge >= 0.3 is 0 Å². The zero-order chi connectivity index (χ0) is 13.1. The number of aromatic nitrogens is 3. The molecule has 0 aliphatic heterocycles. The lowest BCUT2D eigenvalue weighted by Crippen LogP contribution is -2.21. The number of nitrogens with zero attached hydrogens (tertiary/aromatic N) is 2. The smallest absolute Gasteiger partial charge is 0.277 e. The Balaban J connectivity index is 2.49. The molecule has 0 saturated carbocycles. The monoisotopic (exact) mass is 245 g/mol. The Labute approximate surface area is 102 Å². The highest BCUT2D eigenvalue weighted by molar-refractivity contribution is 5.91. The highest BCUT2D eigenvalue weighted by atomic mass is 16.2. The van der Waals surface area contributed by atoms with Crippen LogP contribution < -0.4 is 16.6 Å². The van der Waals surface area contributed by atoms with Crippen LogP contribution in [0.4, 0.5) is 11.5 Å². The summed E-state index contributed by atoms with van der Waals surface area (Å²) in [4.78, 5) is 33.1. The van der Waals surface area contributed by atoms with Crippen LogP contribution in [0.3, 0.4) is 0 Å². The van der Waals surface area contributed by atoms with E-state index in [2.05, 4.69) is 20.3 Å². The molecule has 0 spiro atoms. The second kappa shape index (κ2) is 4.66. The maximum absolute atomic E-state index is 11.8. The number of rotatable bonds is 2. The maximum atomic E-state index is 11.8. The summed E-state index contributed by atoms with van der Waals surface area (Å²) >= 11 is 0. The van der Waals surface area contributed by atoms with Gasteiger partial charge in [-0.1, -0.05) is 0 Å². The third-order valence-electron chi connectivity index (χ3n) is 2.20. The van der Waals surface area contributed by atoms with E-state index in [1.54, 1.807) is 24.5 Å². The molecule has 0 aliphatic rings. The van der Waals surface area contributed by atoms with Gasteiger partial charge in [-0.25, -0.2) is 4.98 Å². The van der Waals surface area contributed by atoms with E-state index in [-0.39, 0.29) is 17.4 Å². The van der Waals surface area contributed by atoms with Gasteiger partial charge in [0.15, 0.2) is 5.82 Å². The summed E-state index contributed by atoms with van der Waals surface area (Å²) in [6.07, 6.45) is 3.15. The lowest BCUT2D eigenvalue weighted by molar-refractivity contribution is -0.114. The van der Waals surface area contributed by atoms with Gasteiger partial charge in [-0.2, -0.15) is 0 Å². The van der Waals surface area contributed by atoms with Crippen LogP contribution in [-0.2, 0) is 4.79 Å². The van der Waals surface area contributed by atoms with E-state index >= 15 is 0 Å². The van der Waals surface area contributed by atoms with Crippen molar-refractivity contribution in [3.63, 3.8) is 0 Å². The average molecular weight is 245 g/mol. The fourth-order valence-corrected chi connectivity index (χ4v) is 1.43. The van der Waals surface area contributed by atoms with Crippen molar-refractivity contribution in [1.29, 1.82) is 0 Å². The van der Waals surface area contributed by atoms with Crippen molar-refractivity contribution in [2.75, 3.05) is 11.1 Å². The Bertz CT molecular complexity index is 636. The Kier molecular flexibility index (Phi) is 3.05. The van der Waals surface area contributed by atoms with Crippen LogP contribution in [0, 0.1) is 0 Å². The van der Waals surface area contributed by atoms with E-state index in [0.717, 1.165) is 0 Å². The molecular formula is C11H11N5O2. The number of anilines is 2. The lowest BCUT2D eigenvalue weighted by Gasteiger charge is -2.06. The first kappa shape index (κ1) is 11.8. The molecular weight excluding hydrogens is 234 g/mol. The Morgan fingerprint density at radius 1 is 1.39 bits per heavy atom. The topological polar surface area (TPSA) is 114 Å². The number of H-pyrrole nitrogens is 1. The molecule has 0 fully saturated rings. The Morgan fingerprint density at radius 3 is 2.61 bits per heavy atom. The van der Waals surface area contributed by atoms with Crippen molar-refractivity contribution < 1.29 is 4.79 Å². The molecule has 0 radical (unpaired) electrons. The van der Waals surface area contributed by atoms with Gasteiger partial charge in [0.25, 0.3) is 5.56 Å². The zero-order valence-electron chi connectivity index (χ0n) is 9.60. The summed E-state index contributed by atoms with van der Waals surface area (Å²) < 4.78 is 0. The van der Waals surface area contributed by atoms with Gasteiger partial charge in [-0.3, -0.25) is 14.6 Å². The number of carbonyl (C=O) groups excluding carboxylic acids is 1. The summed E-state index contributed by atoms with van der Waals surface area (Å²) in [6, 6.07) is 3.38. The highest BCUT2D eigenvalue weighted by Crippen LogP contribution is 2.16. The molecule has 1 amide bonds. The number of nitrogens with one attached hydrogen (secondary N) is 2. The minimum Gasteiger partial charge on any atom is -0.382 e. The molecule has 7 nitrogen and oxygen atoms in total. The van der Waals surface area contributed by atoms with Crippen molar-refractivity contribution in [1.82, 2.24) is 15.0 Å². The average Bonchev–Trinajstić information content (AvgIpc) is 2.34. The van der Waals surface area contributed by atoms with Crippen LogP contribution in [0.25, 0.3) is 11.4 Å². The molecule has 92 valence electrons. The molecule has 2 aromatic rings. The third-order valence-corrected chi connectivity index (χ3v) is 2.20. The van der Waals surface area contributed by atoms with E-state index in [4.69, 9.17) is 5.73 Å². The van der Waals surface area contributed by atoms with Crippen molar-refractivity contribution >= 4 is 17.4 Å². The normalized spacial score (nSPS) is 10.1. The second-order valence-corrected chi connectivity index (χ2v) is 3.59. The van der Waals surface area contributed by atoms with E-state index in [1.165, 1.54) is 6.92 Å².